The summed E-state index contributed by atoms with van der Waals surface area (Å²) in [6.45, 7) is 2.12. The third kappa shape index (κ3) is 2.10. The molecule has 18 heavy (non-hydrogen) atoms. The summed E-state index contributed by atoms with van der Waals surface area (Å²) in [6.07, 6.45) is 0.874. The van der Waals surface area contributed by atoms with Crippen LogP contribution in [-0.2, 0) is 6.42 Å². The number of benzene rings is 1. The van der Waals surface area contributed by atoms with Crippen molar-refractivity contribution in [3.05, 3.63) is 57.7 Å². The maximum absolute atomic E-state index is 13.0. The summed E-state index contributed by atoms with van der Waals surface area (Å²) in [4.78, 5) is 0. The summed E-state index contributed by atoms with van der Waals surface area (Å²) in [6, 6.07) is 9.01. The minimum Gasteiger partial charge on any atom is -0.454 e. The third-order valence-electron chi connectivity index (χ3n) is 3.27. The molecule has 1 N–H and O–H groups in total. The Morgan fingerprint density at radius 2 is 2.06 bits per heavy atom. The number of nitrogens with one attached hydrogen (secondary N) is 1. The summed E-state index contributed by atoms with van der Waals surface area (Å²) in [7, 11) is 0. The van der Waals surface area contributed by atoms with Crippen molar-refractivity contribution < 1.29 is 8.81 Å². The maximum Gasteiger partial charge on any atom is 0.169 e. The first-order chi connectivity index (χ1) is 8.63. The fraction of sp³-hybridized carbons (Fsp3) is 0.286. The van der Waals surface area contributed by atoms with Gasteiger partial charge >= 0.3 is 0 Å². The quantitative estimate of drug-likeness (QED) is 0.866. The average molecular weight is 310 g/mol. The van der Waals surface area contributed by atoms with Crippen LogP contribution in [0, 0.1) is 5.82 Å². The van der Waals surface area contributed by atoms with Crippen molar-refractivity contribution in [2.45, 2.75) is 25.4 Å². The van der Waals surface area contributed by atoms with Crippen molar-refractivity contribution in [3.8, 4) is 0 Å². The van der Waals surface area contributed by atoms with E-state index >= 15 is 0 Å². The van der Waals surface area contributed by atoms with Crippen LogP contribution in [0.4, 0.5) is 4.39 Å². The van der Waals surface area contributed by atoms with E-state index in [2.05, 4.69) is 28.2 Å². The van der Waals surface area contributed by atoms with Crippen LogP contribution >= 0.6 is 15.9 Å². The van der Waals surface area contributed by atoms with E-state index in [-0.39, 0.29) is 11.9 Å². The molecule has 1 aliphatic heterocycles. The van der Waals surface area contributed by atoms with Crippen LogP contribution in [0.3, 0.4) is 0 Å². The van der Waals surface area contributed by atoms with Crippen LogP contribution in [0.1, 0.15) is 29.9 Å². The van der Waals surface area contributed by atoms with Crippen LogP contribution in [0.2, 0.25) is 0 Å². The number of hydrogen-bond acceptors (Lipinski definition) is 2. The van der Waals surface area contributed by atoms with Gasteiger partial charge in [0.15, 0.2) is 4.67 Å². The highest BCUT2D eigenvalue weighted by molar-refractivity contribution is 9.10. The Morgan fingerprint density at radius 1 is 1.33 bits per heavy atom. The van der Waals surface area contributed by atoms with Gasteiger partial charge in [-0.1, -0.05) is 12.1 Å². The smallest absolute Gasteiger partial charge is 0.169 e. The number of furan rings is 1. The topological polar surface area (TPSA) is 25.2 Å². The van der Waals surface area contributed by atoms with Crippen molar-refractivity contribution in [1.29, 1.82) is 0 Å². The van der Waals surface area contributed by atoms with Gasteiger partial charge in [-0.3, -0.25) is 0 Å². The van der Waals surface area contributed by atoms with Gasteiger partial charge in [0.2, 0.25) is 0 Å². The van der Waals surface area contributed by atoms with E-state index in [1.807, 2.05) is 18.2 Å². The fourth-order valence-corrected chi connectivity index (χ4v) is 2.90. The Bertz CT molecular complexity index is 564. The van der Waals surface area contributed by atoms with Crippen LogP contribution in [-0.4, -0.2) is 6.04 Å². The number of halogens is 2. The van der Waals surface area contributed by atoms with Gasteiger partial charge in [-0.25, -0.2) is 4.39 Å². The molecule has 2 unspecified atom stereocenters. The van der Waals surface area contributed by atoms with E-state index in [9.17, 15) is 4.39 Å². The summed E-state index contributed by atoms with van der Waals surface area (Å²) in [5, 5.41) is 3.52. The lowest BCUT2D eigenvalue weighted by Gasteiger charge is -2.28. The largest absolute Gasteiger partial charge is 0.454 e. The highest BCUT2D eigenvalue weighted by Gasteiger charge is 2.28. The van der Waals surface area contributed by atoms with Crippen molar-refractivity contribution in [1.82, 2.24) is 5.32 Å². The van der Waals surface area contributed by atoms with Gasteiger partial charge in [-0.15, -0.1) is 0 Å². The van der Waals surface area contributed by atoms with Crippen molar-refractivity contribution in [2.75, 3.05) is 0 Å². The molecule has 0 spiro atoms. The Hall–Kier alpha value is -1.13. The van der Waals surface area contributed by atoms with Gasteiger partial charge < -0.3 is 9.73 Å². The molecule has 0 amide bonds. The average Bonchev–Trinajstić information content (AvgIpc) is 2.69. The van der Waals surface area contributed by atoms with Gasteiger partial charge in [0, 0.05) is 18.0 Å². The van der Waals surface area contributed by atoms with Gasteiger partial charge in [0.25, 0.3) is 0 Å². The Kier molecular flexibility index (Phi) is 2.99. The Balaban J connectivity index is 2.04. The second kappa shape index (κ2) is 4.52. The summed E-state index contributed by atoms with van der Waals surface area (Å²) >= 11 is 3.37. The molecule has 0 radical (unpaired) electrons. The van der Waals surface area contributed by atoms with E-state index < -0.39 is 0 Å². The molecule has 1 aromatic heterocycles. The predicted molar refractivity (Wildman–Crippen MR) is 71.0 cm³/mol. The zero-order valence-corrected chi connectivity index (χ0v) is 11.5. The molecule has 0 fully saturated rings. The number of fused-ring (bicyclic) bond motifs is 1. The molecule has 1 aliphatic rings. The zero-order valence-electron chi connectivity index (χ0n) is 9.91. The lowest BCUT2D eigenvalue weighted by Crippen LogP contribution is -2.37. The van der Waals surface area contributed by atoms with E-state index in [1.54, 1.807) is 0 Å². The molecule has 1 aromatic carbocycles. The van der Waals surface area contributed by atoms with Crippen LogP contribution in [0.15, 0.2) is 39.4 Å². The fourth-order valence-electron chi connectivity index (χ4n) is 2.46. The maximum atomic E-state index is 13.0. The molecule has 0 saturated carbocycles. The van der Waals surface area contributed by atoms with Crippen LogP contribution in [0.25, 0.3) is 0 Å². The van der Waals surface area contributed by atoms with E-state index in [0.29, 0.717) is 6.04 Å². The normalized spacial score (nSPS) is 22.8. The second-order valence-corrected chi connectivity index (χ2v) is 5.47. The van der Waals surface area contributed by atoms with Crippen LogP contribution in [0.5, 0.6) is 0 Å². The zero-order chi connectivity index (χ0) is 12.7. The molecule has 2 nitrogen and oxygen atoms in total. The Morgan fingerprint density at radius 3 is 2.78 bits per heavy atom. The number of rotatable bonds is 1. The van der Waals surface area contributed by atoms with E-state index in [0.717, 1.165) is 28.0 Å². The molecule has 4 heteroatoms. The highest BCUT2D eigenvalue weighted by atomic mass is 79.9. The molecule has 0 aliphatic carbocycles. The van der Waals surface area contributed by atoms with Gasteiger partial charge in [-0.2, -0.15) is 0 Å². The van der Waals surface area contributed by atoms with E-state index in [4.69, 9.17) is 4.42 Å². The third-order valence-corrected chi connectivity index (χ3v) is 3.66. The van der Waals surface area contributed by atoms with Crippen molar-refractivity contribution >= 4 is 15.9 Å². The standard InChI is InChI=1S/C14H13BrFNO/c1-8-6-12-11(7-13(15)18-12)14(17-8)9-2-4-10(16)5-3-9/h2-5,7-8,14,17H,6H2,1H3. The Labute approximate surface area is 113 Å². The molecule has 2 atom stereocenters. The van der Waals surface area contributed by atoms with E-state index in [1.165, 1.54) is 12.1 Å². The lowest BCUT2D eigenvalue weighted by molar-refractivity contribution is 0.393. The first-order valence-electron chi connectivity index (χ1n) is 5.93. The summed E-state index contributed by atoms with van der Waals surface area (Å²) in [5.41, 5.74) is 2.18. The minimum absolute atomic E-state index is 0.0689. The molecule has 0 bridgehead atoms. The molecule has 2 aromatic rings. The first kappa shape index (κ1) is 11.9. The minimum atomic E-state index is -0.212. The SMILES string of the molecule is CC1Cc2oc(Br)cc2C(c2ccc(F)cc2)N1. The number of hydrogen-bond donors (Lipinski definition) is 1. The molecule has 0 saturated heterocycles. The van der Waals surface area contributed by atoms with Crippen molar-refractivity contribution in [3.63, 3.8) is 0 Å². The summed E-state index contributed by atoms with van der Waals surface area (Å²) in [5.74, 6) is 0.790. The first-order valence-corrected chi connectivity index (χ1v) is 6.72. The monoisotopic (exact) mass is 309 g/mol. The lowest BCUT2D eigenvalue weighted by atomic mass is 9.92. The van der Waals surface area contributed by atoms with Gasteiger partial charge in [-0.05, 0) is 46.6 Å². The van der Waals surface area contributed by atoms with Gasteiger partial charge in [0.05, 0.1) is 6.04 Å². The van der Waals surface area contributed by atoms with Crippen molar-refractivity contribution in [2.24, 2.45) is 0 Å². The molecule has 2 heterocycles. The molecular formula is C14H13BrFNO. The predicted octanol–water partition coefficient (Wildman–Crippen LogP) is 3.80. The molecular weight excluding hydrogens is 297 g/mol. The highest BCUT2D eigenvalue weighted by Crippen LogP contribution is 2.34. The second-order valence-electron chi connectivity index (χ2n) is 4.69. The van der Waals surface area contributed by atoms with Crippen LogP contribution < -0.4 is 5.32 Å². The van der Waals surface area contributed by atoms with Gasteiger partial charge in [0.1, 0.15) is 11.6 Å². The molecule has 94 valence electrons. The summed E-state index contributed by atoms with van der Waals surface area (Å²) < 4.78 is 19.4. The molecule has 3 rings (SSSR count).